The van der Waals surface area contributed by atoms with Crippen molar-refractivity contribution in [1.29, 1.82) is 0 Å². The van der Waals surface area contributed by atoms with Crippen LogP contribution in [0.25, 0.3) is 0 Å². The number of carbonyl (C=O) groups is 1. The average Bonchev–Trinajstić information content (AvgIpc) is 3.29. The SMILES string of the molecule is CC.O=C1N2C[C@@H](CC[C@H]2c2cc(CCNC3CCNCC3)on2)N1OS(=O)(=O)O. The number of rotatable bonds is 7. The molecule has 0 saturated carbocycles. The lowest BCUT2D eigenvalue weighted by molar-refractivity contribution is -0.0317. The predicted octanol–water partition coefficient (Wildman–Crippen LogP) is 1.26. The molecule has 30 heavy (non-hydrogen) atoms. The van der Waals surface area contributed by atoms with Gasteiger partial charge in [0.25, 0.3) is 0 Å². The van der Waals surface area contributed by atoms with Crippen LogP contribution in [0.1, 0.15) is 57.0 Å². The van der Waals surface area contributed by atoms with Crippen LogP contribution in [0.5, 0.6) is 0 Å². The molecule has 0 unspecified atom stereocenters. The molecule has 11 nitrogen and oxygen atoms in total. The van der Waals surface area contributed by atoms with Crippen LogP contribution in [0.15, 0.2) is 10.6 Å². The summed E-state index contributed by atoms with van der Waals surface area (Å²) in [5.74, 6) is 0.747. The fourth-order valence-corrected chi connectivity index (χ4v) is 4.56. The summed E-state index contributed by atoms with van der Waals surface area (Å²) in [4.78, 5) is 14.0. The Balaban J connectivity index is 0.00000124. The summed E-state index contributed by atoms with van der Waals surface area (Å²) >= 11 is 0. The third-order valence-electron chi connectivity index (χ3n) is 5.56. The second-order valence-electron chi connectivity index (χ2n) is 7.46. The highest BCUT2D eigenvalue weighted by molar-refractivity contribution is 7.80. The number of piperidine rings is 2. The molecule has 2 amide bonds. The zero-order valence-corrected chi connectivity index (χ0v) is 18.2. The fraction of sp³-hybridized carbons (Fsp3) is 0.778. The van der Waals surface area contributed by atoms with Gasteiger partial charge in [-0.15, -0.1) is 4.28 Å². The zero-order valence-electron chi connectivity index (χ0n) is 17.4. The molecular formula is C18H31N5O6S. The van der Waals surface area contributed by atoms with E-state index < -0.39 is 22.5 Å². The number of fused-ring (bicyclic) bond motifs is 2. The molecule has 0 aliphatic carbocycles. The highest BCUT2D eigenvalue weighted by Crippen LogP contribution is 2.38. The molecule has 3 aliphatic rings. The molecule has 0 radical (unpaired) electrons. The molecule has 0 spiro atoms. The lowest BCUT2D eigenvalue weighted by Crippen LogP contribution is -2.40. The maximum absolute atomic E-state index is 12.5. The van der Waals surface area contributed by atoms with E-state index in [1.54, 1.807) is 0 Å². The van der Waals surface area contributed by atoms with E-state index in [-0.39, 0.29) is 6.04 Å². The molecule has 1 aromatic heterocycles. The lowest BCUT2D eigenvalue weighted by atomic mass is 9.98. The van der Waals surface area contributed by atoms with Crippen LogP contribution in [0.4, 0.5) is 4.79 Å². The predicted molar refractivity (Wildman–Crippen MR) is 108 cm³/mol. The van der Waals surface area contributed by atoms with Gasteiger partial charge in [-0.05, 0) is 38.8 Å². The summed E-state index contributed by atoms with van der Waals surface area (Å²) in [7, 11) is -4.74. The summed E-state index contributed by atoms with van der Waals surface area (Å²) in [5, 5.41) is 11.7. The second kappa shape index (κ2) is 10.1. The van der Waals surface area contributed by atoms with Crippen molar-refractivity contribution in [2.45, 2.75) is 64.1 Å². The van der Waals surface area contributed by atoms with Crippen LogP contribution in [-0.2, 0) is 21.1 Å². The fourth-order valence-electron chi connectivity index (χ4n) is 4.17. The molecular weight excluding hydrogens is 414 g/mol. The summed E-state index contributed by atoms with van der Waals surface area (Å²) in [6, 6.07) is 1.08. The number of nitrogens with zero attached hydrogens (tertiary/aromatic N) is 3. The molecule has 12 heteroatoms. The summed E-state index contributed by atoms with van der Waals surface area (Å²) in [6.07, 6.45) is 4.09. The van der Waals surface area contributed by atoms with E-state index in [2.05, 4.69) is 20.1 Å². The lowest BCUT2D eigenvalue weighted by Gasteiger charge is -2.28. The zero-order chi connectivity index (χ0) is 21.7. The minimum atomic E-state index is -4.74. The molecule has 4 rings (SSSR count). The normalized spacial score (nSPS) is 24.7. The summed E-state index contributed by atoms with van der Waals surface area (Å²) in [6.45, 7) is 7.19. The van der Waals surface area contributed by atoms with Gasteiger partial charge in [-0.1, -0.05) is 19.0 Å². The van der Waals surface area contributed by atoms with Gasteiger partial charge in [0.15, 0.2) is 0 Å². The number of amides is 2. The molecule has 170 valence electrons. The smallest absolute Gasteiger partial charge is 0.361 e. The number of aromatic nitrogens is 1. The van der Waals surface area contributed by atoms with Gasteiger partial charge < -0.3 is 20.1 Å². The first-order valence-corrected chi connectivity index (χ1v) is 11.9. The Morgan fingerprint density at radius 1 is 1.30 bits per heavy atom. The van der Waals surface area contributed by atoms with Crippen molar-refractivity contribution < 1.29 is 26.6 Å². The maximum Gasteiger partial charge on any atom is 0.418 e. The highest BCUT2D eigenvalue weighted by Gasteiger charge is 2.48. The molecule has 2 bridgehead atoms. The van der Waals surface area contributed by atoms with Crippen molar-refractivity contribution in [3.05, 3.63) is 17.5 Å². The van der Waals surface area contributed by atoms with E-state index in [0.717, 1.165) is 43.3 Å². The Morgan fingerprint density at radius 3 is 2.73 bits per heavy atom. The molecule has 3 fully saturated rings. The average molecular weight is 446 g/mol. The van der Waals surface area contributed by atoms with E-state index >= 15 is 0 Å². The van der Waals surface area contributed by atoms with E-state index in [9.17, 15) is 13.2 Å². The summed E-state index contributed by atoms with van der Waals surface area (Å²) < 4.78 is 40.7. The molecule has 4 heterocycles. The van der Waals surface area contributed by atoms with Crippen LogP contribution >= 0.6 is 0 Å². The Morgan fingerprint density at radius 2 is 2.03 bits per heavy atom. The first kappa shape index (κ1) is 22.9. The number of hydrogen-bond donors (Lipinski definition) is 3. The first-order chi connectivity index (χ1) is 14.4. The van der Waals surface area contributed by atoms with Crippen molar-refractivity contribution in [3.8, 4) is 0 Å². The number of nitrogens with one attached hydrogen (secondary N) is 2. The third-order valence-corrected chi connectivity index (χ3v) is 5.91. The quantitative estimate of drug-likeness (QED) is 0.530. The number of urea groups is 1. The van der Waals surface area contributed by atoms with E-state index in [1.165, 1.54) is 4.90 Å². The van der Waals surface area contributed by atoms with Gasteiger partial charge in [-0.3, -0.25) is 4.55 Å². The summed E-state index contributed by atoms with van der Waals surface area (Å²) in [5.41, 5.74) is 0.650. The van der Waals surface area contributed by atoms with Gasteiger partial charge >= 0.3 is 16.4 Å². The van der Waals surface area contributed by atoms with E-state index in [4.69, 9.17) is 9.08 Å². The van der Waals surface area contributed by atoms with Crippen molar-refractivity contribution in [3.63, 3.8) is 0 Å². The molecule has 1 aromatic rings. The van der Waals surface area contributed by atoms with Gasteiger partial charge in [0.1, 0.15) is 11.5 Å². The number of hydrogen-bond acceptors (Lipinski definition) is 8. The topological polar surface area (TPSA) is 137 Å². The van der Waals surface area contributed by atoms with Gasteiger partial charge in [-0.25, -0.2) is 4.79 Å². The van der Waals surface area contributed by atoms with Crippen molar-refractivity contribution in [2.75, 3.05) is 26.2 Å². The standard InChI is InChI=1S/C16H25N5O6S.C2H6/c22-16-20-10-12(21(16)27-28(23,24)25)1-2-15(20)14-9-13(26-19-14)5-8-18-11-3-6-17-7-4-11;1-2/h9,11-12,15,17-18H,1-8,10H2,(H,23,24,25);1-2H3/t12-,15+;/m1./s1. The van der Waals surface area contributed by atoms with Crippen LogP contribution in [0, 0.1) is 0 Å². The Hall–Kier alpha value is -1.73. The van der Waals surface area contributed by atoms with Crippen LogP contribution < -0.4 is 10.6 Å². The highest BCUT2D eigenvalue weighted by atomic mass is 32.3. The number of hydroxylamine groups is 2. The largest absolute Gasteiger partial charge is 0.418 e. The van der Waals surface area contributed by atoms with Gasteiger partial charge in [0.05, 0.1) is 12.1 Å². The molecule has 3 aliphatic heterocycles. The van der Waals surface area contributed by atoms with Gasteiger partial charge in [0.2, 0.25) is 0 Å². The van der Waals surface area contributed by atoms with E-state index in [1.807, 2.05) is 19.9 Å². The maximum atomic E-state index is 12.5. The van der Waals surface area contributed by atoms with Crippen molar-refractivity contribution in [2.24, 2.45) is 0 Å². The Labute approximate surface area is 177 Å². The Kier molecular flexibility index (Phi) is 7.69. The first-order valence-electron chi connectivity index (χ1n) is 10.6. The monoisotopic (exact) mass is 445 g/mol. The minimum Gasteiger partial charge on any atom is -0.361 e. The van der Waals surface area contributed by atoms with Gasteiger partial charge in [-0.2, -0.15) is 13.5 Å². The molecule has 2 atom stereocenters. The van der Waals surface area contributed by atoms with Gasteiger partial charge in [0, 0.05) is 31.6 Å². The van der Waals surface area contributed by atoms with Crippen LogP contribution in [0.2, 0.25) is 0 Å². The number of carbonyl (C=O) groups excluding carboxylic acids is 1. The van der Waals surface area contributed by atoms with Crippen LogP contribution in [-0.4, -0.2) is 72.4 Å². The van der Waals surface area contributed by atoms with Crippen molar-refractivity contribution in [1.82, 2.24) is 25.8 Å². The van der Waals surface area contributed by atoms with Crippen LogP contribution in [0.3, 0.4) is 0 Å². The Bertz CT molecular complexity index is 810. The molecule has 3 N–H and O–H groups in total. The molecule has 0 aromatic carbocycles. The third kappa shape index (κ3) is 5.49. The minimum absolute atomic E-state index is 0.298. The van der Waals surface area contributed by atoms with Crippen molar-refractivity contribution >= 4 is 16.4 Å². The van der Waals surface area contributed by atoms with E-state index in [0.29, 0.717) is 37.5 Å². The molecule has 3 saturated heterocycles. The second-order valence-corrected chi connectivity index (χ2v) is 8.46.